The van der Waals surface area contributed by atoms with Crippen molar-refractivity contribution in [1.82, 2.24) is 9.38 Å². The lowest BCUT2D eigenvalue weighted by atomic mass is 10.4. The summed E-state index contributed by atoms with van der Waals surface area (Å²) in [6.07, 6.45) is 3.46. The van der Waals surface area contributed by atoms with Crippen LogP contribution in [0.5, 0.6) is 0 Å². The highest BCUT2D eigenvalue weighted by Gasteiger charge is 2.12. The predicted octanol–water partition coefficient (Wildman–Crippen LogP) is 3.00. The molecule has 2 heterocycles. The zero-order valence-corrected chi connectivity index (χ0v) is 14.4. The van der Waals surface area contributed by atoms with Gasteiger partial charge in [0.2, 0.25) is 0 Å². The van der Waals surface area contributed by atoms with Crippen LogP contribution in [0, 0.1) is 0 Å². The molecule has 0 radical (unpaired) electrons. The molecule has 5 nitrogen and oxygen atoms in total. The normalized spacial score (nSPS) is 12.7. The maximum Gasteiger partial charge on any atom is 0.284 e. The third kappa shape index (κ3) is 3.41. The zero-order chi connectivity index (χ0) is 16.4. The topological polar surface area (TPSA) is 63.8 Å². The summed E-state index contributed by atoms with van der Waals surface area (Å²) in [7, 11) is -3.82. The molecule has 1 aromatic carbocycles. The van der Waals surface area contributed by atoms with E-state index in [0.29, 0.717) is 15.7 Å². The molecule has 0 unspecified atom stereocenters. The molecule has 0 fully saturated rings. The number of aromatic nitrogens is 2. The van der Waals surface area contributed by atoms with E-state index in [1.807, 2.05) is 6.26 Å². The third-order valence-electron chi connectivity index (χ3n) is 3.08. The molecule has 0 saturated heterocycles. The van der Waals surface area contributed by atoms with E-state index in [1.165, 1.54) is 23.9 Å². The van der Waals surface area contributed by atoms with Crippen molar-refractivity contribution >= 4 is 39.0 Å². The molecule has 0 N–H and O–H groups in total. The third-order valence-corrected chi connectivity index (χ3v) is 5.23. The van der Waals surface area contributed by atoms with Crippen LogP contribution in [-0.2, 0) is 10.0 Å². The monoisotopic (exact) mass is 365 g/mol. The van der Waals surface area contributed by atoms with Gasteiger partial charge in [0.15, 0.2) is 5.49 Å². The molecular formula is C15H12ClN3O2S2. The number of sulfonamides is 1. The van der Waals surface area contributed by atoms with E-state index in [1.54, 1.807) is 47.0 Å². The van der Waals surface area contributed by atoms with E-state index in [-0.39, 0.29) is 10.4 Å². The van der Waals surface area contributed by atoms with Crippen molar-refractivity contribution in [3.63, 3.8) is 0 Å². The van der Waals surface area contributed by atoms with E-state index in [4.69, 9.17) is 11.6 Å². The minimum Gasteiger partial charge on any atom is -0.284 e. The number of benzene rings is 1. The largest absolute Gasteiger partial charge is 0.284 e. The van der Waals surface area contributed by atoms with Gasteiger partial charge in [-0.15, -0.1) is 16.2 Å². The van der Waals surface area contributed by atoms with Gasteiger partial charge in [0.25, 0.3) is 10.0 Å². The summed E-state index contributed by atoms with van der Waals surface area (Å²) >= 11 is 7.42. The summed E-state index contributed by atoms with van der Waals surface area (Å²) in [4.78, 5) is 4.55. The summed E-state index contributed by atoms with van der Waals surface area (Å²) in [5, 5.41) is 1.14. The first-order chi connectivity index (χ1) is 11.0. The van der Waals surface area contributed by atoms with Crippen LogP contribution in [0.2, 0.25) is 5.02 Å². The molecule has 0 aliphatic carbocycles. The molecule has 0 bridgehead atoms. The second-order valence-corrected chi connectivity index (χ2v) is 7.48. The molecule has 0 saturated carbocycles. The Kier molecular flexibility index (Phi) is 4.43. The van der Waals surface area contributed by atoms with Gasteiger partial charge in [-0.25, -0.2) is 4.98 Å². The summed E-state index contributed by atoms with van der Waals surface area (Å²) < 4.78 is 30.5. The van der Waals surface area contributed by atoms with Gasteiger partial charge in [-0.3, -0.25) is 4.40 Å². The number of rotatable bonds is 3. The summed E-state index contributed by atoms with van der Waals surface area (Å²) in [5.74, 6) is 0. The summed E-state index contributed by atoms with van der Waals surface area (Å²) in [6.45, 7) is 0. The maximum absolute atomic E-state index is 12.5. The van der Waals surface area contributed by atoms with E-state index in [2.05, 4.69) is 9.38 Å². The number of thioether (sulfide) groups is 1. The van der Waals surface area contributed by atoms with Gasteiger partial charge in [0, 0.05) is 12.3 Å². The average Bonchev–Trinajstić information content (AvgIpc) is 2.55. The van der Waals surface area contributed by atoms with Crippen LogP contribution in [0.3, 0.4) is 0 Å². The lowest BCUT2D eigenvalue weighted by Crippen LogP contribution is -2.18. The molecule has 2 aromatic heterocycles. The van der Waals surface area contributed by atoms with Gasteiger partial charge in [-0.05, 0) is 30.5 Å². The van der Waals surface area contributed by atoms with Gasteiger partial charge in [-0.2, -0.15) is 8.42 Å². The first-order valence-corrected chi connectivity index (χ1v) is 9.63. The fourth-order valence-electron chi connectivity index (χ4n) is 2.01. The van der Waals surface area contributed by atoms with Crippen LogP contribution in [-0.4, -0.2) is 24.1 Å². The number of hydrogen-bond acceptors (Lipinski definition) is 4. The van der Waals surface area contributed by atoms with Gasteiger partial charge >= 0.3 is 0 Å². The van der Waals surface area contributed by atoms with Crippen LogP contribution in [0.15, 0.2) is 69.0 Å². The minimum atomic E-state index is -3.82. The molecule has 23 heavy (non-hydrogen) atoms. The fraction of sp³-hybridized carbons (Fsp3) is 0.0667. The molecule has 3 aromatic rings. The highest BCUT2D eigenvalue weighted by Crippen LogP contribution is 2.14. The first-order valence-electron chi connectivity index (χ1n) is 6.59. The van der Waals surface area contributed by atoms with Crippen molar-refractivity contribution in [3.05, 3.63) is 65.2 Å². The standard InChI is InChI=1S/C15H12ClN3O2S2/c1-22-15-9-14(19-10-11(16)7-8-13(19)17-15)18-23(20,21)12-5-3-2-4-6-12/h2-10H,1H3. The van der Waals surface area contributed by atoms with E-state index in [9.17, 15) is 8.42 Å². The van der Waals surface area contributed by atoms with E-state index < -0.39 is 10.0 Å². The van der Waals surface area contributed by atoms with E-state index >= 15 is 0 Å². The quantitative estimate of drug-likeness (QED) is 0.528. The Hall–Kier alpha value is -1.83. The minimum absolute atomic E-state index is 0.137. The average molecular weight is 366 g/mol. The molecule has 0 atom stereocenters. The number of fused-ring (bicyclic) bond motifs is 1. The first kappa shape index (κ1) is 16.0. The number of hydrogen-bond donors (Lipinski definition) is 0. The van der Waals surface area contributed by atoms with Crippen molar-refractivity contribution < 1.29 is 8.42 Å². The van der Waals surface area contributed by atoms with Crippen LogP contribution in [0.1, 0.15) is 0 Å². The second-order valence-electron chi connectivity index (χ2n) is 4.61. The van der Waals surface area contributed by atoms with Crippen molar-refractivity contribution in [2.45, 2.75) is 9.92 Å². The van der Waals surface area contributed by atoms with Gasteiger partial charge in [0.05, 0.1) is 9.92 Å². The molecule has 0 spiro atoms. The Morgan fingerprint density at radius 1 is 1.17 bits per heavy atom. The highest BCUT2D eigenvalue weighted by molar-refractivity contribution is 7.98. The Labute approximate surface area is 142 Å². The molecule has 8 heteroatoms. The van der Waals surface area contributed by atoms with Crippen molar-refractivity contribution in [1.29, 1.82) is 0 Å². The number of pyridine rings is 1. The molecule has 118 valence electrons. The summed E-state index contributed by atoms with van der Waals surface area (Å²) in [6, 6.07) is 13.1. The zero-order valence-electron chi connectivity index (χ0n) is 12.0. The van der Waals surface area contributed by atoms with Crippen LogP contribution < -0.4 is 5.49 Å². The Balaban J connectivity index is 2.32. The Morgan fingerprint density at radius 2 is 1.91 bits per heavy atom. The van der Waals surface area contributed by atoms with Crippen molar-refractivity contribution in [2.24, 2.45) is 4.40 Å². The Bertz CT molecular complexity index is 1030. The highest BCUT2D eigenvalue weighted by atomic mass is 35.5. The molecular weight excluding hydrogens is 354 g/mol. The lowest BCUT2D eigenvalue weighted by molar-refractivity contribution is 0.596. The van der Waals surface area contributed by atoms with Gasteiger partial charge < -0.3 is 0 Å². The number of nitrogens with zero attached hydrogens (tertiary/aromatic N) is 3. The summed E-state index contributed by atoms with van der Waals surface area (Å²) in [5.41, 5.74) is 0.828. The maximum atomic E-state index is 12.5. The van der Waals surface area contributed by atoms with E-state index in [0.717, 1.165) is 0 Å². The molecule has 0 aliphatic heterocycles. The van der Waals surface area contributed by atoms with Gasteiger partial charge in [-0.1, -0.05) is 29.8 Å². The van der Waals surface area contributed by atoms with Crippen molar-refractivity contribution in [3.8, 4) is 0 Å². The fourth-order valence-corrected chi connectivity index (χ4v) is 3.57. The number of halogens is 1. The molecule has 0 aliphatic rings. The molecule has 3 rings (SSSR count). The van der Waals surface area contributed by atoms with Gasteiger partial charge in [0.1, 0.15) is 10.7 Å². The van der Waals surface area contributed by atoms with Crippen molar-refractivity contribution in [2.75, 3.05) is 6.26 Å². The second kappa shape index (κ2) is 6.35. The smallest absolute Gasteiger partial charge is 0.284 e. The lowest BCUT2D eigenvalue weighted by Gasteiger charge is -2.05. The SMILES string of the molecule is CSc1cc(=NS(=O)(=O)c2ccccc2)n2cc(Cl)ccc2n1. The van der Waals surface area contributed by atoms with Crippen LogP contribution in [0.4, 0.5) is 0 Å². The predicted molar refractivity (Wildman–Crippen MR) is 91.2 cm³/mol. The Morgan fingerprint density at radius 3 is 2.61 bits per heavy atom. The van der Waals surface area contributed by atoms with Crippen LogP contribution in [0.25, 0.3) is 5.65 Å². The molecule has 0 amide bonds. The van der Waals surface area contributed by atoms with Crippen LogP contribution >= 0.6 is 23.4 Å².